The summed E-state index contributed by atoms with van der Waals surface area (Å²) in [6.07, 6.45) is -0.0171. The van der Waals surface area contributed by atoms with E-state index in [-0.39, 0.29) is 24.5 Å². The van der Waals surface area contributed by atoms with Crippen molar-refractivity contribution in [3.63, 3.8) is 0 Å². The van der Waals surface area contributed by atoms with Crippen LogP contribution in [0.5, 0.6) is 0 Å². The highest BCUT2D eigenvalue weighted by molar-refractivity contribution is 7.92. The van der Waals surface area contributed by atoms with Gasteiger partial charge in [0.15, 0.2) is 0 Å². The molecular formula is C14H22N2O6S2. The summed E-state index contributed by atoms with van der Waals surface area (Å²) in [5.41, 5.74) is 0.607. The Morgan fingerprint density at radius 2 is 1.67 bits per heavy atom. The van der Waals surface area contributed by atoms with Crippen LogP contribution in [-0.4, -0.2) is 59.3 Å². The van der Waals surface area contributed by atoms with Gasteiger partial charge in [0.2, 0.25) is 20.0 Å². The van der Waals surface area contributed by atoms with Crippen molar-refractivity contribution in [2.75, 3.05) is 36.9 Å². The number of esters is 1. The zero-order valence-electron chi connectivity index (χ0n) is 13.9. The Kier molecular flexibility index (Phi) is 7.18. The summed E-state index contributed by atoms with van der Waals surface area (Å²) in [5.74, 6) is -1.05. The zero-order valence-corrected chi connectivity index (χ0v) is 15.5. The summed E-state index contributed by atoms with van der Waals surface area (Å²) in [6, 6.07) is 5.79. The second-order valence-electron chi connectivity index (χ2n) is 5.17. The smallest absolute Gasteiger partial charge is 0.338 e. The maximum absolute atomic E-state index is 12.0. The number of anilines is 1. The van der Waals surface area contributed by atoms with E-state index in [1.165, 1.54) is 38.4 Å². The first kappa shape index (κ1) is 20.4. The number of carbonyl (C=O) groups excluding carboxylic acids is 1. The minimum atomic E-state index is -3.68. The van der Waals surface area contributed by atoms with E-state index in [1.54, 1.807) is 6.92 Å². The molecule has 0 bridgehead atoms. The normalized spacial score (nSPS) is 12.2. The molecular weight excluding hydrogens is 356 g/mol. The van der Waals surface area contributed by atoms with Crippen LogP contribution in [-0.2, 0) is 24.8 Å². The molecule has 0 heterocycles. The van der Waals surface area contributed by atoms with Gasteiger partial charge in [-0.25, -0.2) is 25.9 Å². The van der Waals surface area contributed by atoms with Gasteiger partial charge in [0, 0.05) is 19.8 Å². The molecule has 0 aromatic heterocycles. The molecule has 0 spiro atoms. The van der Waals surface area contributed by atoms with E-state index in [2.05, 4.69) is 4.72 Å². The second kappa shape index (κ2) is 8.45. The maximum Gasteiger partial charge on any atom is 0.338 e. The van der Waals surface area contributed by atoms with Crippen LogP contribution in [0, 0.1) is 0 Å². The second-order valence-corrected chi connectivity index (χ2v) is 9.31. The van der Waals surface area contributed by atoms with Crippen molar-refractivity contribution in [3.8, 4) is 0 Å². The Hall–Kier alpha value is -1.65. The average molecular weight is 378 g/mol. The first-order chi connectivity index (χ1) is 11.1. The number of benzene rings is 1. The van der Waals surface area contributed by atoms with Gasteiger partial charge >= 0.3 is 5.97 Å². The summed E-state index contributed by atoms with van der Waals surface area (Å²) < 4.78 is 55.4. The third kappa shape index (κ3) is 6.46. The Morgan fingerprint density at radius 1 is 1.08 bits per heavy atom. The van der Waals surface area contributed by atoms with Crippen LogP contribution in [0.2, 0.25) is 0 Å². The summed E-state index contributed by atoms with van der Waals surface area (Å²) in [5, 5.41) is 0. The number of sulfonamides is 2. The molecule has 1 rings (SSSR count). The predicted octanol–water partition coefficient (Wildman–Crippen LogP) is 0.887. The van der Waals surface area contributed by atoms with Crippen molar-refractivity contribution in [1.29, 1.82) is 0 Å². The van der Waals surface area contributed by atoms with Gasteiger partial charge in [0.05, 0.1) is 23.7 Å². The van der Waals surface area contributed by atoms with E-state index in [9.17, 15) is 21.6 Å². The number of hydrogen-bond acceptors (Lipinski definition) is 6. The number of ether oxygens (including phenoxy) is 1. The molecule has 1 aromatic carbocycles. The minimum Gasteiger partial charge on any atom is -0.462 e. The molecule has 0 aliphatic heterocycles. The topological polar surface area (TPSA) is 110 Å². The number of carbonyl (C=O) groups is 1. The SMILES string of the molecule is CCOC(=O)c1ccc(NS(=O)(=O)CCCS(=O)(=O)N(C)C)cc1. The van der Waals surface area contributed by atoms with Gasteiger partial charge in [-0.2, -0.15) is 0 Å². The van der Waals surface area contributed by atoms with Gasteiger partial charge in [-0.3, -0.25) is 4.72 Å². The fourth-order valence-electron chi connectivity index (χ4n) is 1.73. The molecule has 0 radical (unpaired) electrons. The van der Waals surface area contributed by atoms with Crippen LogP contribution >= 0.6 is 0 Å². The van der Waals surface area contributed by atoms with Gasteiger partial charge in [-0.1, -0.05) is 0 Å². The van der Waals surface area contributed by atoms with Crippen LogP contribution in [0.15, 0.2) is 24.3 Å². The molecule has 0 atom stereocenters. The Morgan fingerprint density at radius 3 is 2.17 bits per heavy atom. The van der Waals surface area contributed by atoms with Crippen molar-refractivity contribution in [2.24, 2.45) is 0 Å². The van der Waals surface area contributed by atoms with Gasteiger partial charge in [-0.05, 0) is 37.6 Å². The first-order valence-electron chi connectivity index (χ1n) is 7.25. The molecule has 0 saturated carbocycles. The lowest BCUT2D eigenvalue weighted by atomic mass is 10.2. The van der Waals surface area contributed by atoms with E-state index in [0.29, 0.717) is 11.3 Å². The molecule has 8 nitrogen and oxygen atoms in total. The molecule has 136 valence electrons. The molecule has 0 saturated heterocycles. The summed E-state index contributed by atoms with van der Waals surface area (Å²) >= 11 is 0. The minimum absolute atomic E-state index is 0.0171. The lowest BCUT2D eigenvalue weighted by molar-refractivity contribution is 0.0526. The van der Waals surface area contributed by atoms with E-state index in [4.69, 9.17) is 4.74 Å². The average Bonchev–Trinajstić information content (AvgIpc) is 2.47. The van der Waals surface area contributed by atoms with Gasteiger partial charge in [0.25, 0.3) is 0 Å². The Labute approximate surface area is 142 Å². The quantitative estimate of drug-likeness (QED) is 0.639. The lowest BCUT2D eigenvalue weighted by Gasteiger charge is -2.12. The number of nitrogens with one attached hydrogen (secondary N) is 1. The van der Waals surface area contributed by atoms with Crippen molar-refractivity contribution < 1.29 is 26.4 Å². The molecule has 1 N–H and O–H groups in total. The fraction of sp³-hybridized carbons (Fsp3) is 0.500. The van der Waals surface area contributed by atoms with Crippen LogP contribution in [0.25, 0.3) is 0 Å². The van der Waals surface area contributed by atoms with Gasteiger partial charge in [-0.15, -0.1) is 0 Å². The molecule has 0 aliphatic rings. The zero-order chi connectivity index (χ0) is 18.4. The van der Waals surface area contributed by atoms with Gasteiger partial charge in [0.1, 0.15) is 0 Å². The largest absolute Gasteiger partial charge is 0.462 e. The Bertz CT molecular complexity index is 755. The van der Waals surface area contributed by atoms with Crippen LogP contribution in [0.1, 0.15) is 23.7 Å². The van der Waals surface area contributed by atoms with Crippen LogP contribution in [0.3, 0.4) is 0 Å². The summed E-state index contributed by atoms with van der Waals surface area (Å²) in [4.78, 5) is 11.5. The highest BCUT2D eigenvalue weighted by Gasteiger charge is 2.17. The monoisotopic (exact) mass is 378 g/mol. The van der Waals surface area contributed by atoms with Crippen LogP contribution in [0.4, 0.5) is 5.69 Å². The number of hydrogen-bond donors (Lipinski definition) is 1. The molecule has 1 aromatic rings. The van der Waals surface area contributed by atoms with Crippen molar-refractivity contribution >= 4 is 31.7 Å². The fourth-order valence-corrected chi connectivity index (χ4v) is 3.91. The van der Waals surface area contributed by atoms with E-state index >= 15 is 0 Å². The van der Waals surface area contributed by atoms with Crippen molar-refractivity contribution in [1.82, 2.24) is 4.31 Å². The molecule has 24 heavy (non-hydrogen) atoms. The molecule has 0 amide bonds. The molecule has 0 aliphatic carbocycles. The van der Waals surface area contributed by atoms with E-state index in [0.717, 1.165) is 4.31 Å². The van der Waals surface area contributed by atoms with Crippen molar-refractivity contribution in [2.45, 2.75) is 13.3 Å². The highest BCUT2D eigenvalue weighted by atomic mass is 32.2. The van der Waals surface area contributed by atoms with E-state index in [1.807, 2.05) is 0 Å². The summed E-state index contributed by atoms with van der Waals surface area (Å²) in [6.45, 7) is 1.94. The molecule has 0 unspecified atom stereocenters. The molecule has 10 heteroatoms. The third-order valence-electron chi connectivity index (χ3n) is 3.04. The third-order valence-corrected chi connectivity index (χ3v) is 6.33. The maximum atomic E-state index is 12.0. The highest BCUT2D eigenvalue weighted by Crippen LogP contribution is 2.13. The number of nitrogens with zero attached hydrogens (tertiary/aromatic N) is 1. The standard InChI is InChI=1S/C14H22N2O6S2/c1-4-22-14(17)12-6-8-13(9-7-12)15-23(18,19)10-5-11-24(20,21)16(2)3/h6-9,15H,4-5,10-11H2,1-3H3. The van der Waals surface area contributed by atoms with Crippen molar-refractivity contribution in [3.05, 3.63) is 29.8 Å². The predicted molar refractivity (Wildman–Crippen MR) is 91.9 cm³/mol. The summed E-state index contributed by atoms with van der Waals surface area (Å²) in [7, 11) is -4.31. The molecule has 0 fully saturated rings. The van der Waals surface area contributed by atoms with Gasteiger partial charge < -0.3 is 4.74 Å². The Balaban J connectivity index is 2.63. The number of rotatable bonds is 9. The lowest BCUT2D eigenvalue weighted by Crippen LogP contribution is -2.27. The van der Waals surface area contributed by atoms with Crippen LogP contribution < -0.4 is 4.72 Å². The first-order valence-corrected chi connectivity index (χ1v) is 10.5. The van der Waals surface area contributed by atoms with E-state index < -0.39 is 26.0 Å².